The summed E-state index contributed by atoms with van der Waals surface area (Å²) in [6.07, 6.45) is 9.92. The summed E-state index contributed by atoms with van der Waals surface area (Å²) in [7, 11) is 1.94. The van der Waals surface area contributed by atoms with Gasteiger partial charge in [-0.3, -0.25) is 0 Å². The van der Waals surface area contributed by atoms with Crippen LogP contribution in [0.2, 0.25) is 0 Å². The molecule has 76 valence electrons. The highest BCUT2D eigenvalue weighted by Gasteiger charge is 1.98. The largest absolute Gasteiger partial charge is 0.320 e. The standard InChI is InChI=1S/C10H16N4/c1-3-4-5-6-7-11-8-10-13-12-9-14(10)2/h1,9,11H,4-8H2,2H3. The zero-order valence-corrected chi connectivity index (χ0v) is 8.53. The van der Waals surface area contributed by atoms with E-state index in [0.29, 0.717) is 0 Å². The fourth-order valence-electron chi connectivity index (χ4n) is 1.14. The lowest BCUT2D eigenvalue weighted by molar-refractivity contribution is 0.600. The van der Waals surface area contributed by atoms with Gasteiger partial charge in [-0.2, -0.15) is 0 Å². The molecule has 0 saturated heterocycles. The Morgan fingerprint density at radius 2 is 2.43 bits per heavy atom. The number of aromatic nitrogens is 3. The van der Waals surface area contributed by atoms with Gasteiger partial charge >= 0.3 is 0 Å². The van der Waals surface area contributed by atoms with Gasteiger partial charge in [-0.25, -0.2) is 0 Å². The molecule has 0 spiro atoms. The Hall–Kier alpha value is -1.34. The third kappa shape index (κ3) is 3.58. The lowest BCUT2D eigenvalue weighted by Gasteiger charge is -2.02. The Labute approximate surface area is 84.7 Å². The van der Waals surface area contributed by atoms with E-state index in [4.69, 9.17) is 6.42 Å². The van der Waals surface area contributed by atoms with Crippen LogP contribution in [0, 0.1) is 12.3 Å². The normalized spacial score (nSPS) is 10.0. The molecule has 1 aromatic heterocycles. The first kappa shape index (κ1) is 10.7. The number of nitrogens with one attached hydrogen (secondary N) is 1. The topological polar surface area (TPSA) is 42.7 Å². The van der Waals surface area contributed by atoms with Gasteiger partial charge in [0.25, 0.3) is 0 Å². The minimum atomic E-state index is 0.770. The maximum absolute atomic E-state index is 5.15. The van der Waals surface area contributed by atoms with Crippen molar-refractivity contribution in [1.82, 2.24) is 20.1 Å². The highest BCUT2D eigenvalue weighted by molar-refractivity contribution is 4.84. The molecule has 0 radical (unpaired) electrons. The monoisotopic (exact) mass is 192 g/mol. The Kier molecular flexibility index (Phi) is 4.73. The second kappa shape index (κ2) is 6.17. The van der Waals surface area contributed by atoms with E-state index in [1.165, 1.54) is 0 Å². The Balaban J connectivity index is 2.05. The van der Waals surface area contributed by atoms with Crippen molar-refractivity contribution in [2.24, 2.45) is 7.05 Å². The zero-order chi connectivity index (χ0) is 10.2. The van der Waals surface area contributed by atoms with Crippen LogP contribution in [0.15, 0.2) is 6.33 Å². The molecule has 0 aliphatic heterocycles. The van der Waals surface area contributed by atoms with Gasteiger partial charge in [0, 0.05) is 13.5 Å². The number of unbranched alkanes of at least 4 members (excludes halogenated alkanes) is 2. The molecule has 0 aliphatic rings. The summed E-state index contributed by atoms with van der Waals surface area (Å²) in [6, 6.07) is 0. The fourth-order valence-corrected chi connectivity index (χ4v) is 1.14. The highest BCUT2D eigenvalue weighted by atomic mass is 15.3. The molecular weight excluding hydrogens is 176 g/mol. The molecule has 0 saturated carbocycles. The molecule has 1 heterocycles. The van der Waals surface area contributed by atoms with E-state index in [2.05, 4.69) is 21.4 Å². The third-order valence-corrected chi connectivity index (χ3v) is 2.01. The number of aryl methyl sites for hydroxylation is 1. The number of hydrogen-bond donors (Lipinski definition) is 1. The molecule has 4 nitrogen and oxygen atoms in total. The number of nitrogens with zero attached hydrogens (tertiary/aromatic N) is 3. The molecule has 0 amide bonds. The lowest BCUT2D eigenvalue weighted by Crippen LogP contribution is -2.17. The van der Waals surface area contributed by atoms with Crippen molar-refractivity contribution in [2.75, 3.05) is 6.54 Å². The van der Waals surface area contributed by atoms with Crippen LogP contribution in [0.5, 0.6) is 0 Å². The van der Waals surface area contributed by atoms with Crippen LogP contribution in [0.3, 0.4) is 0 Å². The SMILES string of the molecule is C#CCCCCNCc1nncn1C. The van der Waals surface area contributed by atoms with Crippen molar-refractivity contribution in [3.05, 3.63) is 12.2 Å². The summed E-state index contributed by atoms with van der Waals surface area (Å²) < 4.78 is 1.91. The third-order valence-electron chi connectivity index (χ3n) is 2.01. The smallest absolute Gasteiger partial charge is 0.146 e. The van der Waals surface area contributed by atoms with Crippen LogP contribution in [0.1, 0.15) is 25.1 Å². The number of terminal acetylenes is 1. The molecule has 1 N–H and O–H groups in total. The summed E-state index contributed by atoms with van der Waals surface area (Å²) in [6.45, 7) is 1.75. The summed E-state index contributed by atoms with van der Waals surface area (Å²) in [5, 5.41) is 11.1. The Morgan fingerprint density at radius 1 is 1.57 bits per heavy atom. The number of rotatable bonds is 6. The Bertz CT molecular complexity index is 297. The van der Waals surface area contributed by atoms with Crippen LogP contribution in [0.4, 0.5) is 0 Å². The first-order valence-corrected chi connectivity index (χ1v) is 4.81. The molecule has 0 fully saturated rings. The summed E-state index contributed by atoms with van der Waals surface area (Å²) in [5.74, 6) is 3.59. The van der Waals surface area contributed by atoms with E-state index in [1.807, 2.05) is 11.6 Å². The van der Waals surface area contributed by atoms with Crippen LogP contribution in [-0.4, -0.2) is 21.3 Å². The second-order valence-corrected chi connectivity index (χ2v) is 3.20. The predicted octanol–water partition coefficient (Wildman–Crippen LogP) is 0.708. The molecule has 0 aromatic carbocycles. The van der Waals surface area contributed by atoms with Gasteiger partial charge in [0.2, 0.25) is 0 Å². The van der Waals surface area contributed by atoms with Gasteiger partial charge < -0.3 is 9.88 Å². The molecule has 1 aromatic rings. The van der Waals surface area contributed by atoms with Crippen molar-refractivity contribution < 1.29 is 0 Å². The van der Waals surface area contributed by atoms with Crippen LogP contribution >= 0.6 is 0 Å². The Morgan fingerprint density at radius 3 is 3.07 bits per heavy atom. The van der Waals surface area contributed by atoms with Crippen molar-refractivity contribution >= 4 is 0 Å². The van der Waals surface area contributed by atoms with Gasteiger partial charge in [-0.15, -0.1) is 22.5 Å². The molecule has 1 rings (SSSR count). The van der Waals surface area contributed by atoms with Gasteiger partial charge in [0.05, 0.1) is 6.54 Å². The minimum absolute atomic E-state index is 0.770. The quantitative estimate of drug-likeness (QED) is 0.533. The van der Waals surface area contributed by atoms with Crippen molar-refractivity contribution in [1.29, 1.82) is 0 Å². The van der Waals surface area contributed by atoms with E-state index in [-0.39, 0.29) is 0 Å². The minimum Gasteiger partial charge on any atom is -0.320 e. The van der Waals surface area contributed by atoms with Crippen molar-refractivity contribution in [3.8, 4) is 12.3 Å². The summed E-state index contributed by atoms with van der Waals surface area (Å²) >= 11 is 0. The van der Waals surface area contributed by atoms with Gasteiger partial charge in [0.15, 0.2) is 0 Å². The molecule has 0 bridgehead atoms. The van der Waals surface area contributed by atoms with E-state index >= 15 is 0 Å². The molecule has 4 heteroatoms. The average Bonchev–Trinajstić information content (AvgIpc) is 2.58. The number of hydrogen-bond acceptors (Lipinski definition) is 3. The van der Waals surface area contributed by atoms with Gasteiger partial charge in [0.1, 0.15) is 12.2 Å². The first-order chi connectivity index (χ1) is 6.84. The molecule has 14 heavy (non-hydrogen) atoms. The van der Waals surface area contributed by atoms with Crippen molar-refractivity contribution in [3.63, 3.8) is 0 Å². The lowest BCUT2D eigenvalue weighted by atomic mass is 10.2. The average molecular weight is 192 g/mol. The molecular formula is C10H16N4. The molecule has 0 unspecified atom stereocenters. The van der Waals surface area contributed by atoms with E-state index < -0.39 is 0 Å². The summed E-state index contributed by atoms with van der Waals surface area (Å²) in [4.78, 5) is 0. The second-order valence-electron chi connectivity index (χ2n) is 3.20. The van der Waals surface area contributed by atoms with Crippen LogP contribution < -0.4 is 5.32 Å². The van der Waals surface area contributed by atoms with Gasteiger partial charge in [-0.1, -0.05) is 0 Å². The first-order valence-electron chi connectivity index (χ1n) is 4.81. The van der Waals surface area contributed by atoms with E-state index in [1.54, 1.807) is 6.33 Å². The molecule has 0 atom stereocenters. The predicted molar refractivity (Wildman–Crippen MR) is 55.4 cm³/mol. The van der Waals surface area contributed by atoms with Crippen molar-refractivity contribution in [2.45, 2.75) is 25.8 Å². The van der Waals surface area contributed by atoms with Gasteiger partial charge in [-0.05, 0) is 19.4 Å². The summed E-state index contributed by atoms with van der Waals surface area (Å²) in [5.41, 5.74) is 0. The van der Waals surface area contributed by atoms with E-state index in [0.717, 1.165) is 38.2 Å². The zero-order valence-electron chi connectivity index (χ0n) is 8.53. The fraction of sp³-hybridized carbons (Fsp3) is 0.600. The van der Waals surface area contributed by atoms with Crippen LogP contribution in [-0.2, 0) is 13.6 Å². The maximum atomic E-state index is 5.15. The maximum Gasteiger partial charge on any atom is 0.146 e. The van der Waals surface area contributed by atoms with E-state index in [9.17, 15) is 0 Å². The van der Waals surface area contributed by atoms with Crippen LogP contribution in [0.25, 0.3) is 0 Å². The highest BCUT2D eigenvalue weighted by Crippen LogP contribution is 1.93. The molecule has 0 aliphatic carbocycles.